The fourth-order valence-corrected chi connectivity index (χ4v) is 2.99. The summed E-state index contributed by atoms with van der Waals surface area (Å²) in [6.45, 7) is 2.05. The van der Waals surface area contributed by atoms with Crippen molar-refractivity contribution in [2.45, 2.75) is 6.92 Å². The van der Waals surface area contributed by atoms with E-state index < -0.39 is 0 Å². The Balaban J connectivity index is 1.71. The van der Waals surface area contributed by atoms with Gasteiger partial charge in [0.15, 0.2) is 11.5 Å². The first kappa shape index (κ1) is 17.2. The van der Waals surface area contributed by atoms with Gasteiger partial charge in [-0.15, -0.1) is 0 Å². The van der Waals surface area contributed by atoms with E-state index in [2.05, 4.69) is 4.98 Å². The van der Waals surface area contributed by atoms with Crippen LogP contribution in [0.15, 0.2) is 54.7 Å². The van der Waals surface area contributed by atoms with Gasteiger partial charge in [-0.2, -0.15) is 0 Å². The maximum Gasteiger partial charge on any atom is 0.243 e. The van der Waals surface area contributed by atoms with Crippen LogP contribution in [-0.2, 0) is 4.79 Å². The van der Waals surface area contributed by atoms with Crippen molar-refractivity contribution in [1.82, 2.24) is 4.98 Å². The standard InChI is InChI=1S/C20H15ClN2O4/c1-13-9-14(21)4-6-17(13)27-20-16(3-2-8-22-20)23(11-24)15-5-7-18-19(10-15)26-12-25-18/h2-11H,12H2,1H3. The first-order valence-corrected chi connectivity index (χ1v) is 8.57. The molecule has 0 radical (unpaired) electrons. The fourth-order valence-electron chi connectivity index (χ4n) is 2.77. The quantitative estimate of drug-likeness (QED) is 0.590. The number of aromatic nitrogens is 1. The van der Waals surface area contributed by atoms with Gasteiger partial charge >= 0.3 is 0 Å². The number of hydrogen-bond donors (Lipinski definition) is 0. The van der Waals surface area contributed by atoms with Crippen molar-refractivity contribution in [2.24, 2.45) is 0 Å². The number of fused-ring (bicyclic) bond motifs is 1. The summed E-state index contributed by atoms with van der Waals surface area (Å²) in [4.78, 5) is 17.6. The van der Waals surface area contributed by atoms with Crippen molar-refractivity contribution in [1.29, 1.82) is 0 Å². The SMILES string of the molecule is Cc1cc(Cl)ccc1Oc1ncccc1N(C=O)c1ccc2c(c1)OCO2. The summed E-state index contributed by atoms with van der Waals surface area (Å²) in [5.41, 5.74) is 1.97. The Kier molecular flexibility index (Phi) is 4.56. The second kappa shape index (κ2) is 7.17. The Morgan fingerprint density at radius 2 is 2.00 bits per heavy atom. The highest BCUT2D eigenvalue weighted by molar-refractivity contribution is 6.30. The highest BCUT2D eigenvalue weighted by Gasteiger charge is 2.20. The minimum atomic E-state index is 0.164. The molecule has 1 aliphatic rings. The van der Waals surface area contributed by atoms with Gasteiger partial charge in [0.05, 0.1) is 5.69 Å². The molecular formula is C20H15ClN2O4. The van der Waals surface area contributed by atoms with E-state index in [1.54, 1.807) is 54.7 Å². The van der Waals surface area contributed by atoms with Gasteiger partial charge in [-0.3, -0.25) is 9.69 Å². The van der Waals surface area contributed by atoms with Crippen LogP contribution in [0.2, 0.25) is 5.02 Å². The number of rotatable bonds is 5. The third-order valence-electron chi connectivity index (χ3n) is 4.09. The number of hydrogen-bond acceptors (Lipinski definition) is 5. The minimum Gasteiger partial charge on any atom is -0.454 e. The lowest BCUT2D eigenvalue weighted by atomic mass is 10.2. The lowest BCUT2D eigenvalue weighted by molar-refractivity contribution is -0.106. The second-order valence-electron chi connectivity index (χ2n) is 5.85. The molecule has 0 aliphatic carbocycles. The molecule has 0 bridgehead atoms. The Morgan fingerprint density at radius 3 is 2.81 bits per heavy atom. The Labute approximate surface area is 160 Å². The van der Waals surface area contributed by atoms with Gasteiger partial charge in [0, 0.05) is 17.3 Å². The van der Waals surface area contributed by atoms with Crippen molar-refractivity contribution in [3.8, 4) is 23.1 Å². The molecule has 6 nitrogen and oxygen atoms in total. The Morgan fingerprint density at radius 1 is 1.15 bits per heavy atom. The first-order valence-electron chi connectivity index (χ1n) is 8.19. The molecule has 0 saturated carbocycles. The Hall–Kier alpha value is -3.25. The Bertz CT molecular complexity index is 1010. The molecule has 7 heteroatoms. The third kappa shape index (κ3) is 3.39. The monoisotopic (exact) mass is 382 g/mol. The van der Waals surface area contributed by atoms with Gasteiger partial charge in [0.25, 0.3) is 0 Å². The number of aryl methyl sites for hydroxylation is 1. The topological polar surface area (TPSA) is 60.9 Å². The normalized spacial score (nSPS) is 11.9. The molecule has 1 amide bonds. The van der Waals surface area contributed by atoms with E-state index in [9.17, 15) is 4.79 Å². The number of ether oxygens (including phenoxy) is 3. The average Bonchev–Trinajstić information content (AvgIpc) is 3.14. The van der Waals surface area contributed by atoms with Crippen molar-refractivity contribution in [2.75, 3.05) is 11.7 Å². The van der Waals surface area contributed by atoms with E-state index in [0.29, 0.717) is 45.9 Å². The maximum absolute atomic E-state index is 11.9. The summed E-state index contributed by atoms with van der Waals surface area (Å²) in [5, 5.41) is 0.621. The van der Waals surface area contributed by atoms with Gasteiger partial charge in [-0.05, 0) is 55.0 Å². The molecule has 0 fully saturated rings. The number of anilines is 2. The van der Waals surface area contributed by atoms with Gasteiger partial charge in [0.1, 0.15) is 11.4 Å². The molecule has 1 aromatic heterocycles. The van der Waals surface area contributed by atoms with Crippen molar-refractivity contribution in [3.05, 3.63) is 65.3 Å². The predicted molar refractivity (Wildman–Crippen MR) is 101 cm³/mol. The maximum atomic E-state index is 11.9. The third-order valence-corrected chi connectivity index (χ3v) is 4.33. The molecule has 0 atom stereocenters. The minimum absolute atomic E-state index is 0.164. The molecular weight excluding hydrogens is 368 g/mol. The number of amides is 1. The summed E-state index contributed by atoms with van der Waals surface area (Å²) in [7, 11) is 0. The van der Waals surface area contributed by atoms with Gasteiger partial charge in [-0.25, -0.2) is 4.98 Å². The largest absolute Gasteiger partial charge is 0.454 e. The van der Waals surface area contributed by atoms with Crippen molar-refractivity contribution >= 4 is 29.4 Å². The number of carbonyl (C=O) groups excluding carboxylic acids is 1. The van der Waals surface area contributed by atoms with Gasteiger partial charge in [-0.1, -0.05) is 11.6 Å². The molecule has 2 heterocycles. The highest BCUT2D eigenvalue weighted by atomic mass is 35.5. The predicted octanol–water partition coefficient (Wildman–Crippen LogP) is 4.86. The van der Waals surface area contributed by atoms with Crippen LogP contribution >= 0.6 is 11.6 Å². The molecule has 1 aliphatic heterocycles. The van der Waals surface area contributed by atoms with E-state index in [0.717, 1.165) is 5.56 Å². The molecule has 27 heavy (non-hydrogen) atoms. The van der Waals surface area contributed by atoms with Crippen LogP contribution in [0.4, 0.5) is 11.4 Å². The number of benzene rings is 2. The van der Waals surface area contributed by atoms with E-state index in [4.69, 9.17) is 25.8 Å². The molecule has 0 unspecified atom stereocenters. The average molecular weight is 383 g/mol. The number of carbonyl (C=O) groups is 1. The molecule has 0 spiro atoms. The van der Waals surface area contributed by atoms with Crippen molar-refractivity contribution < 1.29 is 19.0 Å². The molecule has 4 rings (SSSR count). The van der Waals surface area contributed by atoms with Crippen LogP contribution < -0.4 is 19.1 Å². The van der Waals surface area contributed by atoms with E-state index in [1.165, 1.54) is 4.90 Å². The van der Waals surface area contributed by atoms with E-state index in [1.807, 2.05) is 6.92 Å². The van der Waals surface area contributed by atoms with E-state index >= 15 is 0 Å². The van der Waals surface area contributed by atoms with Crippen LogP contribution in [-0.4, -0.2) is 18.2 Å². The van der Waals surface area contributed by atoms with Gasteiger partial charge < -0.3 is 14.2 Å². The lowest BCUT2D eigenvalue weighted by Gasteiger charge is -2.20. The zero-order chi connectivity index (χ0) is 18.8. The summed E-state index contributed by atoms with van der Waals surface area (Å²) in [5.74, 6) is 2.13. The lowest BCUT2D eigenvalue weighted by Crippen LogP contribution is -2.15. The van der Waals surface area contributed by atoms with Crippen LogP contribution in [0.25, 0.3) is 0 Å². The summed E-state index contributed by atoms with van der Waals surface area (Å²) < 4.78 is 16.7. The molecule has 0 saturated heterocycles. The summed E-state index contributed by atoms with van der Waals surface area (Å²) in [6.07, 6.45) is 2.31. The smallest absolute Gasteiger partial charge is 0.243 e. The molecule has 136 valence electrons. The van der Waals surface area contributed by atoms with Gasteiger partial charge in [0.2, 0.25) is 19.1 Å². The zero-order valence-electron chi connectivity index (χ0n) is 14.4. The van der Waals surface area contributed by atoms with E-state index in [-0.39, 0.29) is 6.79 Å². The molecule has 0 N–H and O–H groups in total. The summed E-state index contributed by atoms with van der Waals surface area (Å²) >= 11 is 6.00. The number of nitrogens with zero attached hydrogens (tertiary/aromatic N) is 2. The second-order valence-corrected chi connectivity index (χ2v) is 6.29. The number of halogens is 1. The van der Waals surface area contributed by atoms with Crippen LogP contribution in [0.3, 0.4) is 0 Å². The van der Waals surface area contributed by atoms with Crippen LogP contribution in [0.5, 0.6) is 23.1 Å². The highest BCUT2D eigenvalue weighted by Crippen LogP contribution is 2.40. The fraction of sp³-hybridized carbons (Fsp3) is 0.100. The number of pyridine rings is 1. The van der Waals surface area contributed by atoms with Crippen LogP contribution in [0.1, 0.15) is 5.56 Å². The van der Waals surface area contributed by atoms with Crippen LogP contribution in [0, 0.1) is 6.92 Å². The molecule has 3 aromatic rings. The zero-order valence-corrected chi connectivity index (χ0v) is 15.1. The molecule has 2 aromatic carbocycles. The first-order chi connectivity index (χ1) is 13.2. The van der Waals surface area contributed by atoms with Crippen molar-refractivity contribution in [3.63, 3.8) is 0 Å². The summed E-state index contributed by atoms with van der Waals surface area (Å²) in [6, 6.07) is 14.1.